The molecular formula is C21H19F3N4OS. The number of alkyl halides is 3. The Morgan fingerprint density at radius 3 is 2.50 bits per heavy atom. The van der Waals surface area contributed by atoms with E-state index in [-0.39, 0.29) is 17.8 Å². The first-order valence-electron chi connectivity index (χ1n) is 9.28. The van der Waals surface area contributed by atoms with Crippen LogP contribution in [0.4, 0.5) is 30.6 Å². The minimum absolute atomic E-state index is 0.0669. The molecule has 1 atom stereocenters. The molecule has 0 spiro atoms. The van der Waals surface area contributed by atoms with E-state index in [0.29, 0.717) is 18.7 Å². The largest absolute Gasteiger partial charge is 0.421 e. The van der Waals surface area contributed by atoms with Crippen LogP contribution in [0.15, 0.2) is 65.7 Å². The molecule has 0 bridgehead atoms. The molecule has 4 rings (SSSR count). The molecular weight excluding hydrogens is 413 g/mol. The predicted octanol–water partition coefficient (Wildman–Crippen LogP) is 5.84. The van der Waals surface area contributed by atoms with Gasteiger partial charge in [-0.25, -0.2) is 10.0 Å². The van der Waals surface area contributed by atoms with Gasteiger partial charge in [0.1, 0.15) is 5.56 Å². The molecule has 9 heteroatoms. The van der Waals surface area contributed by atoms with Gasteiger partial charge in [-0.3, -0.25) is 4.84 Å². The van der Waals surface area contributed by atoms with Crippen molar-refractivity contribution in [3.8, 4) is 0 Å². The molecule has 0 saturated carbocycles. The van der Waals surface area contributed by atoms with Crippen LogP contribution in [0.1, 0.15) is 23.6 Å². The quantitative estimate of drug-likeness (QED) is 0.511. The van der Waals surface area contributed by atoms with E-state index in [1.54, 1.807) is 11.8 Å². The van der Waals surface area contributed by atoms with Crippen molar-refractivity contribution in [2.75, 3.05) is 23.2 Å². The Hall–Kier alpha value is -2.78. The number of aromatic nitrogens is 2. The molecule has 1 aliphatic heterocycles. The van der Waals surface area contributed by atoms with Gasteiger partial charge in [0.05, 0.1) is 12.6 Å². The van der Waals surface area contributed by atoms with E-state index in [1.807, 2.05) is 60.9 Å². The Morgan fingerprint density at radius 1 is 1.10 bits per heavy atom. The highest BCUT2D eigenvalue weighted by molar-refractivity contribution is 7.98. The van der Waals surface area contributed by atoms with E-state index in [4.69, 9.17) is 4.84 Å². The summed E-state index contributed by atoms with van der Waals surface area (Å²) in [6.45, 7) is 0.305. The van der Waals surface area contributed by atoms with Crippen LogP contribution in [0.25, 0.3) is 0 Å². The maximum atomic E-state index is 13.7. The number of hydroxylamine groups is 1. The molecule has 1 saturated heterocycles. The van der Waals surface area contributed by atoms with Crippen molar-refractivity contribution in [3.05, 3.63) is 71.9 Å². The third kappa shape index (κ3) is 4.36. The highest BCUT2D eigenvalue weighted by Crippen LogP contribution is 2.41. The summed E-state index contributed by atoms with van der Waals surface area (Å²) in [6, 6.07) is 16.4. The lowest BCUT2D eigenvalue weighted by molar-refractivity contribution is -0.138. The first-order valence-corrected chi connectivity index (χ1v) is 10.5. The molecule has 5 nitrogen and oxygen atoms in total. The van der Waals surface area contributed by atoms with Gasteiger partial charge < -0.3 is 5.32 Å². The van der Waals surface area contributed by atoms with E-state index in [9.17, 15) is 13.2 Å². The molecule has 1 N–H and O–H groups in total. The summed E-state index contributed by atoms with van der Waals surface area (Å²) in [4.78, 5) is 14.7. The number of nitrogens with one attached hydrogen (secondary N) is 1. The van der Waals surface area contributed by atoms with Crippen LogP contribution >= 0.6 is 11.8 Å². The summed E-state index contributed by atoms with van der Waals surface area (Å²) in [5, 5.41) is 4.22. The van der Waals surface area contributed by atoms with Crippen molar-refractivity contribution in [2.45, 2.75) is 23.5 Å². The van der Waals surface area contributed by atoms with Gasteiger partial charge in [0.25, 0.3) is 0 Å². The maximum absolute atomic E-state index is 13.7. The van der Waals surface area contributed by atoms with Gasteiger partial charge in [-0.2, -0.15) is 18.2 Å². The molecule has 0 amide bonds. The van der Waals surface area contributed by atoms with E-state index in [1.165, 1.54) is 5.06 Å². The van der Waals surface area contributed by atoms with E-state index >= 15 is 0 Å². The van der Waals surface area contributed by atoms with Crippen molar-refractivity contribution in [2.24, 2.45) is 0 Å². The number of hydrogen-bond donors (Lipinski definition) is 1. The zero-order valence-corrected chi connectivity index (χ0v) is 16.9. The van der Waals surface area contributed by atoms with Crippen LogP contribution in [0.3, 0.4) is 0 Å². The summed E-state index contributed by atoms with van der Waals surface area (Å²) >= 11 is 1.60. The van der Waals surface area contributed by atoms with Crippen LogP contribution in [0, 0.1) is 0 Å². The summed E-state index contributed by atoms with van der Waals surface area (Å²) in [5.74, 6) is -0.232. The van der Waals surface area contributed by atoms with Crippen molar-refractivity contribution in [1.29, 1.82) is 0 Å². The zero-order chi connectivity index (χ0) is 21.1. The molecule has 156 valence electrons. The van der Waals surface area contributed by atoms with Crippen LogP contribution < -0.4 is 10.4 Å². The molecule has 0 aliphatic carbocycles. The first-order chi connectivity index (χ1) is 14.5. The molecule has 30 heavy (non-hydrogen) atoms. The van der Waals surface area contributed by atoms with Crippen LogP contribution in [-0.4, -0.2) is 22.8 Å². The normalized spacial score (nSPS) is 16.7. The molecule has 1 aromatic heterocycles. The summed E-state index contributed by atoms with van der Waals surface area (Å²) < 4.78 is 41.1. The Balaban J connectivity index is 1.70. The molecule has 3 aromatic rings. The standard InChI is InChI=1S/C21H19F3N4OS/c1-30-16-9-7-15(8-10-16)26-20-25-13-17(21(22,23)24)19(27-20)28-18(11-12-29-28)14-5-3-2-4-6-14/h2-10,13,18H,11-12H2,1H3,(H,25,26,27). The third-order valence-corrected chi connectivity index (χ3v) is 5.46. The van der Waals surface area contributed by atoms with Crippen molar-refractivity contribution in [3.63, 3.8) is 0 Å². The van der Waals surface area contributed by atoms with Gasteiger partial charge in [-0.15, -0.1) is 11.8 Å². The minimum atomic E-state index is -4.61. The topological polar surface area (TPSA) is 50.3 Å². The zero-order valence-electron chi connectivity index (χ0n) is 16.1. The van der Waals surface area contributed by atoms with Gasteiger partial charge in [0, 0.05) is 23.2 Å². The van der Waals surface area contributed by atoms with Gasteiger partial charge in [0.2, 0.25) is 5.95 Å². The molecule has 1 aliphatic rings. The van der Waals surface area contributed by atoms with Gasteiger partial charge in [-0.1, -0.05) is 30.3 Å². The minimum Gasteiger partial charge on any atom is -0.324 e. The van der Waals surface area contributed by atoms with Crippen LogP contribution in [0.2, 0.25) is 0 Å². The third-order valence-electron chi connectivity index (χ3n) is 4.72. The summed E-state index contributed by atoms with van der Waals surface area (Å²) in [6.07, 6.45) is -1.29. The number of anilines is 3. The SMILES string of the molecule is CSc1ccc(Nc2ncc(C(F)(F)F)c(N3OCCC3c3ccccc3)n2)cc1. The number of hydrogen-bond acceptors (Lipinski definition) is 6. The van der Waals surface area contributed by atoms with E-state index < -0.39 is 11.7 Å². The van der Waals surface area contributed by atoms with Crippen molar-refractivity contribution < 1.29 is 18.0 Å². The first kappa shape index (κ1) is 20.5. The average molecular weight is 432 g/mol. The highest BCUT2D eigenvalue weighted by Gasteiger charge is 2.40. The second kappa shape index (κ2) is 8.53. The van der Waals surface area contributed by atoms with Gasteiger partial charge in [0.15, 0.2) is 5.82 Å². The van der Waals surface area contributed by atoms with Gasteiger partial charge >= 0.3 is 6.18 Å². The Morgan fingerprint density at radius 2 is 1.83 bits per heavy atom. The number of halogens is 3. The lowest BCUT2D eigenvalue weighted by Gasteiger charge is -2.26. The number of benzene rings is 2. The number of nitrogens with zero attached hydrogens (tertiary/aromatic N) is 3. The molecule has 0 radical (unpaired) electrons. The molecule has 1 unspecified atom stereocenters. The Bertz CT molecular complexity index is 999. The molecule has 1 fully saturated rings. The van der Waals surface area contributed by atoms with E-state index in [0.717, 1.165) is 16.7 Å². The highest BCUT2D eigenvalue weighted by atomic mass is 32.2. The average Bonchev–Trinajstić information content (AvgIpc) is 3.24. The van der Waals surface area contributed by atoms with E-state index in [2.05, 4.69) is 15.3 Å². The Labute approximate surface area is 176 Å². The molecule has 2 aromatic carbocycles. The molecule has 2 heterocycles. The smallest absolute Gasteiger partial charge is 0.324 e. The van der Waals surface area contributed by atoms with Crippen molar-refractivity contribution >= 4 is 29.2 Å². The van der Waals surface area contributed by atoms with Gasteiger partial charge in [-0.05, 0) is 36.1 Å². The lowest BCUT2D eigenvalue weighted by atomic mass is 10.0. The second-order valence-electron chi connectivity index (χ2n) is 6.66. The number of thioether (sulfide) groups is 1. The van der Waals surface area contributed by atoms with Crippen LogP contribution in [-0.2, 0) is 11.0 Å². The van der Waals surface area contributed by atoms with Crippen molar-refractivity contribution in [1.82, 2.24) is 9.97 Å². The fraction of sp³-hybridized carbons (Fsp3) is 0.238. The maximum Gasteiger partial charge on any atom is 0.421 e. The lowest BCUT2D eigenvalue weighted by Crippen LogP contribution is -2.26. The monoisotopic (exact) mass is 432 g/mol. The van der Waals surface area contributed by atoms with Crippen LogP contribution in [0.5, 0.6) is 0 Å². The second-order valence-corrected chi connectivity index (χ2v) is 7.54. The fourth-order valence-corrected chi connectivity index (χ4v) is 3.67. The fourth-order valence-electron chi connectivity index (χ4n) is 3.26. The Kier molecular flexibility index (Phi) is 5.83. The predicted molar refractivity (Wildman–Crippen MR) is 111 cm³/mol. The number of rotatable bonds is 5. The summed E-state index contributed by atoms with van der Waals surface area (Å²) in [5.41, 5.74) is 0.609. The summed E-state index contributed by atoms with van der Waals surface area (Å²) in [7, 11) is 0.